The highest BCUT2D eigenvalue weighted by Crippen LogP contribution is 2.28. The molecule has 0 saturated carbocycles. The summed E-state index contributed by atoms with van der Waals surface area (Å²) >= 11 is 5.90. The zero-order valence-electron chi connectivity index (χ0n) is 14.0. The maximum Gasteiger partial charge on any atom is 0.254 e. The number of carbonyl (C=O) groups is 1. The summed E-state index contributed by atoms with van der Waals surface area (Å²) in [6.07, 6.45) is 2.65. The number of hydrogen-bond donors (Lipinski definition) is 0. The molecular weight excluding hydrogens is 333 g/mol. The van der Waals surface area contributed by atoms with Crippen LogP contribution in [0.2, 0.25) is 5.15 Å². The summed E-state index contributed by atoms with van der Waals surface area (Å²) in [4.78, 5) is 22.0. The Balaban J connectivity index is 2.35. The normalized spacial score (nSPS) is 11.0. The van der Waals surface area contributed by atoms with E-state index >= 15 is 0 Å². The molecule has 0 spiro atoms. The van der Waals surface area contributed by atoms with Gasteiger partial charge >= 0.3 is 0 Å². The molecule has 0 aliphatic carbocycles. The minimum absolute atomic E-state index is 0.0119. The van der Waals surface area contributed by atoms with Gasteiger partial charge < -0.3 is 9.64 Å². The van der Waals surface area contributed by atoms with Crippen LogP contribution >= 0.6 is 11.6 Å². The summed E-state index contributed by atoms with van der Waals surface area (Å²) in [5.41, 5.74) is 0.209. The van der Waals surface area contributed by atoms with E-state index in [0.29, 0.717) is 0 Å². The molecule has 5 nitrogen and oxygen atoms in total. The molecule has 24 heavy (non-hydrogen) atoms. The van der Waals surface area contributed by atoms with E-state index in [0.717, 1.165) is 0 Å². The number of benzene rings is 1. The smallest absolute Gasteiger partial charge is 0.254 e. The van der Waals surface area contributed by atoms with Gasteiger partial charge in [0.2, 0.25) is 0 Å². The number of aromatic nitrogens is 2. The predicted octanol–water partition coefficient (Wildman–Crippen LogP) is 4.32. The van der Waals surface area contributed by atoms with Gasteiger partial charge in [-0.3, -0.25) is 4.79 Å². The Morgan fingerprint density at radius 1 is 1.21 bits per heavy atom. The van der Waals surface area contributed by atoms with Crippen molar-refractivity contribution in [2.24, 2.45) is 0 Å². The second kappa shape index (κ2) is 7.57. The highest BCUT2D eigenvalue weighted by atomic mass is 35.5. The molecule has 1 aromatic carbocycles. The molecule has 0 unspecified atom stereocenters. The minimum Gasteiger partial charge on any atom is -0.452 e. The van der Waals surface area contributed by atoms with E-state index in [4.69, 9.17) is 16.3 Å². The van der Waals surface area contributed by atoms with Crippen molar-refractivity contribution in [3.63, 3.8) is 0 Å². The summed E-state index contributed by atoms with van der Waals surface area (Å²) in [7, 11) is 0. The van der Waals surface area contributed by atoms with E-state index in [1.807, 2.05) is 27.7 Å². The van der Waals surface area contributed by atoms with E-state index in [1.54, 1.807) is 4.90 Å². The molecule has 0 fully saturated rings. The summed E-state index contributed by atoms with van der Waals surface area (Å²) in [5, 5.41) is 0.105. The van der Waals surface area contributed by atoms with Crippen molar-refractivity contribution in [1.82, 2.24) is 14.9 Å². The van der Waals surface area contributed by atoms with E-state index in [1.165, 1.54) is 30.7 Å². The fourth-order valence-electron chi connectivity index (χ4n) is 2.46. The standard InChI is InChI=1S/C17H19ClFN3O2/c1-10(2)22(11(3)4)17(23)12-5-13(19)7-14(6-12)24-15-8-20-9-21-16(15)18/h5-11H,1-4H3. The highest BCUT2D eigenvalue weighted by Gasteiger charge is 2.22. The van der Waals surface area contributed by atoms with Crippen LogP contribution < -0.4 is 4.74 Å². The van der Waals surface area contributed by atoms with Crippen LogP contribution in [0.15, 0.2) is 30.7 Å². The molecule has 1 aromatic heterocycles. The quantitative estimate of drug-likeness (QED) is 0.753. The second-order valence-electron chi connectivity index (χ2n) is 5.86. The number of amides is 1. The molecule has 7 heteroatoms. The van der Waals surface area contributed by atoms with Crippen LogP contribution in [0.25, 0.3) is 0 Å². The van der Waals surface area contributed by atoms with Crippen molar-refractivity contribution in [2.45, 2.75) is 39.8 Å². The van der Waals surface area contributed by atoms with Crippen LogP contribution in [0.5, 0.6) is 11.5 Å². The van der Waals surface area contributed by atoms with Gasteiger partial charge in [0, 0.05) is 23.7 Å². The molecule has 0 radical (unpaired) electrons. The average Bonchev–Trinajstić information content (AvgIpc) is 2.48. The first-order valence-corrected chi connectivity index (χ1v) is 7.94. The van der Waals surface area contributed by atoms with Crippen molar-refractivity contribution in [1.29, 1.82) is 0 Å². The Morgan fingerprint density at radius 3 is 2.46 bits per heavy atom. The van der Waals surface area contributed by atoms with Gasteiger partial charge in [-0.2, -0.15) is 0 Å². The molecule has 1 amide bonds. The van der Waals surface area contributed by atoms with Crippen molar-refractivity contribution in [3.8, 4) is 11.5 Å². The summed E-state index contributed by atoms with van der Waals surface area (Å²) in [6.45, 7) is 7.65. The molecule has 2 rings (SSSR count). The molecule has 0 bridgehead atoms. The maximum absolute atomic E-state index is 13.9. The first-order chi connectivity index (χ1) is 11.3. The molecule has 0 N–H and O–H groups in total. The number of halogens is 2. The zero-order chi connectivity index (χ0) is 17.9. The van der Waals surface area contributed by atoms with Crippen LogP contribution in [-0.4, -0.2) is 32.9 Å². The fourth-order valence-corrected chi connectivity index (χ4v) is 2.59. The lowest BCUT2D eigenvalue weighted by atomic mass is 10.1. The van der Waals surface area contributed by atoms with Gasteiger partial charge in [0.05, 0.1) is 6.20 Å². The van der Waals surface area contributed by atoms with Crippen LogP contribution in [0.4, 0.5) is 4.39 Å². The molecule has 0 aliphatic heterocycles. The Kier molecular flexibility index (Phi) is 5.72. The van der Waals surface area contributed by atoms with Gasteiger partial charge in [-0.25, -0.2) is 14.4 Å². The first-order valence-electron chi connectivity index (χ1n) is 7.56. The van der Waals surface area contributed by atoms with E-state index < -0.39 is 5.82 Å². The van der Waals surface area contributed by atoms with Crippen LogP contribution in [-0.2, 0) is 0 Å². The van der Waals surface area contributed by atoms with Crippen molar-refractivity contribution in [2.75, 3.05) is 0 Å². The van der Waals surface area contributed by atoms with Gasteiger partial charge in [0.1, 0.15) is 17.9 Å². The van der Waals surface area contributed by atoms with Gasteiger partial charge in [-0.15, -0.1) is 0 Å². The number of nitrogens with zero attached hydrogens (tertiary/aromatic N) is 3. The lowest BCUT2D eigenvalue weighted by Gasteiger charge is -2.31. The number of rotatable bonds is 5. The van der Waals surface area contributed by atoms with Gasteiger partial charge in [-0.05, 0) is 39.8 Å². The van der Waals surface area contributed by atoms with Crippen molar-refractivity contribution >= 4 is 17.5 Å². The Morgan fingerprint density at radius 2 is 1.88 bits per heavy atom. The average molecular weight is 352 g/mol. The van der Waals surface area contributed by atoms with E-state index in [9.17, 15) is 9.18 Å². The Labute approximate surface area is 145 Å². The topological polar surface area (TPSA) is 55.3 Å². The minimum atomic E-state index is -0.573. The second-order valence-corrected chi connectivity index (χ2v) is 6.21. The molecule has 128 valence electrons. The predicted molar refractivity (Wildman–Crippen MR) is 90.0 cm³/mol. The number of ether oxygens (including phenoxy) is 1. The van der Waals surface area contributed by atoms with Gasteiger partial charge in [0.25, 0.3) is 5.91 Å². The number of hydrogen-bond acceptors (Lipinski definition) is 4. The Hall–Kier alpha value is -2.21. The fraction of sp³-hybridized carbons (Fsp3) is 0.353. The number of carbonyl (C=O) groups excluding carboxylic acids is 1. The van der Waals surface area contributed by atoms with Gasteiger partial charge in [0.15, 0.2) is 10.9 Å². The zero-order valence-corrected chi connectivity index (χ0v) is 14.7. The third-order valence-electron chi connectivity index (χ3n) is 3.33. The molecule has 0 atom stereocenters. The maximum atomic E-state index is 13.9. The molecule has 1 heterocycles. The molecular formula is C17H19ClFN3O2. The van der Waals surface area contributed by atoms with E-state index in [2.05, 4.69) is 9.97 Å². The largest absolute Gasteiger partial charge is 0.452 e. The third-order valence-corrected chi connectivity index (χ3v) is 3.61. The third kappa shape index (κ3) is 4.20. The summed E-state index contributed by atoms with van der Waals surface area (Å²) < 4.78 is 19.5. The molecule has 0 saturated heterocycles. The lowest BCUT2D eigenvalue weighted by Crippen LogP contribution is -2.42. The summed E-state index contributed by atoms with van der Waals surface area (Å²) in [6, 6.07) is 3.82. The van der Waals surface area contributed by atoms with Crippen LogP contribution in [0.1, 0.15) is 38.1 Å². The highest BCUT2D eigenvalue weighted by molar-refractivity contribution is 6.30. The molecule has 2 aromatic rings. The Bertz CT molecular complexity index is 730. The first kappa shape index (κ1) is 18.1. The van der Waals surface area contributed by atoms with Crippen LogP contribution in [0.3, 0.4) is 0 Å². The molecule has 0 aliphatic rings. The van der Waals surface area contributed by atoms with Crippen LogP contribution in [0, 0.1) is 5.82 Å². The van der Waals surface area contributed by atoms with Gasteiger partial charge in [-0.1, -0.05) is 11.6 Å². The SMILES string of the molecule is CC(C)N(C(=O)c1cc(F)cc(Oc2cncnc2Cl)c1)C(C)C. The summed E-state index contributed by atoms with van der Waals surface area (Å²) in [5.74, 6) is -0.494. The lowest BCUT2D eigenvalue weighted by molar-refractivity contribution is 0.0643. The van der Waals surface area contributed by atoms with Crippen molar-refractivity contribution < 1.29 is 13.9 Å². The van der Waals surface area contributed by atoms with E-state index in [-0.39, 0.29) is 40.2 Å². The monoisotopic (exact) mass is 351 g/mol. The van der Waals surface area contributed by atoms with Crippen molar-refractivity contribution in [3.05, 3.63) is 47.3 Å².